The molecule has 0 radical (unpaired) electrons. The van der Waals surface area contributed by atoms with Crippen LogP contribution in [-0.4, -0.2) is 39.1 Å². The Morgan fingerprint density at radius 2 is 2.33 bits per heavy atom. The molecule has 0 fully saturated rings. The molecule has 0 aliphatic rings. The summed E-state index contributed by atoms with van der Waals surface area (Å²) in [7, 11) is 1.31. The number of hydrogen-bond acceptors (Lipinski definition) is 6. The fraction of sp³-hybridized carbons (Fsp3) is 0.200. The van der Waals surface area contributed by atoms with Crippen molar-refractivity contribution in [1.82, 2.24) is 15.0 Å². The van der Waals surface area contributed by atoms with Crippen molar-refractivity contribution in [2.45, 2.75) is 6.42 Å². The first-order valence-corrected chi connectivity index (χ1v) is 5.78. The van der Waals surface area contributed by atoms with Crippen LogP contribution in [-0.2, 0) is 16.0 Å². The number of aliphatic carboxylic acids is 1. The van der Waals surface area contributed by atoms with Crippen LogP contribution in [0.4, 0.5) is 0 Å². The number of carbonyl (C=O) groups is 2. The van der Waals surface area contributed by atoms with Gasteiger partial charge in [0.25, 0.3) is 0 Å². The molecule has 1 N–H and O–H groups in total. The van der Waals surface area contributed by atoms with Gasteiger partial charge in [0, 0.05) is 5.38 Å². The van der Waals surface area contributed by atoms with E-state index in [9.17, 15) is 9.59 Å². The Kier molecular flexibility index (Phi) is 3.38. The lowest BCUT2D eigenvalue weighted by Crippen LogP contribution is -2.00. The predicted octanol–water partition coefficient (Wildman–Crippen LogP) is 0.742. The molecule has 0 unspecified atom stereocenters. The van der Waals surface area contributed by atoms with E-state index in [0.29, 0.717) is 16.3 Å². The highest BCUT2D eigenvalue weighted by atomic mass is 32.1. The van der Waals surface area contributed by atoms with Crippen molar-refractivity contribution in [3.8, 4) is 5.69 Å². The summed E-state index contributed by atoms with van der Waals surface area (Å²) in [5, 5.41) is 17.9. The van der Waals surface area contributed by atoms with E-state index in [2.05, 4.69) is 15.0 Å². The summed E-state index contributed by atoms with van der Waals surface area (Å²) in [5.41, 5.74) is 0.998. The standard InChI is InChI=1S/C10H9N3O4S/c1-17-10(16)8-3-7(5-18-8)13-4-6(11-12-13)2-9(14)15/h3-5H,2H2,1H3,(H,14,15). The van der Waals surface area contributed by atoms with Crippen molar-refractivity contribution in [3.05, 3.63) is 28.2 Å². The van der Waals surface area contributed by atoms with Crippen LogP contribution < -0.4 is 0 Å². The molecule has 0 atom stereocenters. The second kappa shape index (κ2) is 4.96. The van der Waals surface area contributed by atoms with Gasteiger partial charge in [0.1, 0.15) is 4.88 Å². The van der Waals surface area contributed by atoms with Crippen molar-refractivity contribution >= 4 is 23.3 Å². The van der Waals surface area contributed by atoms with Gasteiger partial charge in [0.15, 0.2) is 0 Å². The lowest BCUT2D eigenvalue weighted by molar-refractivity contribution is -0.136. The van der Waals surface area contributed by atoms with E-state index in [-0.39, 0.29) is 6.42 Å². The van der Waals surface area contributed by atoms with Crippen LogP contribution in [0.1, 0.15) is 15.4 Å². The van der Waals surface area contributed by atoms with Gasteiger partial charge in [-0.3, -0.25) is 4.79 Å². The normalized spacial score (nSPS) is 10.3. The first kappa shape index (κ1) is 12.2. The fourth-order valence-corrected chi connectivity index (χ4v) is 2.11. The van der Waals surface area contributed by atoms with Gasteiger partial charge in [-0.2, -0.15) is 0 Å². The number of aromatic nitrogens is 3. The number of methoxy groups -OCH3 is 1. The van der Waals surface area contributed by atoms with Crippen molar-refractivity contribution in [3.63, 3.8) is 0 Å². The number of rotatable bonds is 4. The summed E-state index contributed by atoms with van der Waals surface area (Å²) in [6, 6.07) is 1.61. The molecule has 0 aliphatic heterocycles. The smallest absolute Gasteiger partial charge is 0.348 e. The number of ether oxygens (including phenoxy) is 1. The lowest BCUT2D eigenvalue weighted by atomic mass is 10.3. The number of carbonyl (C=O) groups excluding carboxylic acids is 1. The SMILES string of the molecule is COC(=O)c1cc(-n2cc(CC(=O)O)nn2)cs1. The van der Waals surface area contributed by atoms with Crippen LogP contribution in [0.2, 0.25) is 0 Å². The van der Waals surface area contributed by atoms with Gasteiger partial charge in [-0.15, -0.1) is 16.4 Å². The number of nitrogens with zero attached hydrogens (tertiary/aromatic N) is 3. The molecule has 2 aromatic heterocycles. The highest BCUT2D eigenvalue weighted by Crippen LogP contribution is 2.18. The van der Waals surface area contributed by atoms with Gasteiger partial charge in [-0.25, -0.2) is 9.48 Å². The van der Waals surface area contributed by atoms with Gasteiger partial charge in [0.2, 0.25) is 0 Å². The number of esters is 1. The average Bonchev–Trinajstić information content (AvgIpc) is 2.95. The maximum Gasteiger partial charge on any atom is 0.348 e. The molecular weight excluding hydrogens is 258 g/mol. The van der Waals surface area contributed by atoms with E-state index < -0.39 is 11.9 Å². The minimum Gasteiger partial charge on any atom is -0.481 e. The third-order valence-electron chi connectivity index (χ3n) is 2.11. The molecule has 0 bridgehead atoms. The maximum atomic E-state index is 11.3. The topological polar surface area (TPSA) is 94.3 Å². The molecule has 0 aliphatic carbocycles. The molecule has 2 heterocycles. The Labute approximate surface area is 106 Å². The molecule has 94 valence electrons. The monoisotopic (exact) mass is 267 g/mol. The molecule has 2 rings (SSSR count). The largest absolute Gasteiger partial charge is 0.481 e. The molecule has 0 saturated heterocycles. The first-order chi connectivity index (χ1) is 8.60. The highest BCUT2D eigenvalue weighted by molar-refractivity contribution is 7.12. The Morgan fingerprint density at radius 1 is 1.56 bits per heavy atom. The van der Waals surface area contributed by atoms with Crippen LogP contribution >= 0.6 is 11.3 Å². The van der Waals surface area contributed by atoms with Crippen molar-refractivity contribution in [2.75, 3.05) is 7.11 Å². The van der Waals surface area contributed by atoms with E-state index in [0.717, 1.165) is 0 Å². The molecule has 8 heteroatoms. The van der Waals surface area contributed by atoms with Crippen LogP contribution in [0.15, 0.2) is 17.6 Å². The van der Waals surface area contributed by atoms with Gasteiger partial charge in [-0.05, 0) is 6.07 Å². The number of carboxylic acid groups (broad SMARTS) is 1. The van der Waals surface area contributed by atoms with E-state index >= 15 is 0 Å². The number of carboxylic acids is 1. The summed E-state index contributed by atoms with van der Waals surface area (Å²) in [4.78, 5) is 22.2. The second-order valence-corrected chi connectivity index (χ2v) is 4.30. The molecule has 18 heavy (non-hydrogen) atoms. The zero-order chi connectivity index (χ0) is 13.1. The van der Waals surface area contributed by atoms with E-state index in [1.165, 1.54) is 29.3 Å². The molecule has 0 aromatic carbocycles. The molecule has 0 amide bonds. The minimum absolute atomic E-state index is 0.187. The number of thiophene rings is 1. The van der Waals surface area contributed by atoms with Crippen LogP contribution in [0, 0.1) is 0 Å². The lowest BCUT2D eigenvalue weighted by Gasteiger charge is -1.93. The molecular formula is C10H9N3O4S. The van der Waals surface area contributed by atoms with Crippen LogP contribution in [0.25, 0.3) is 5.69 Å². The third-order valence-corrected chi connectivity index (χ3v) is 3.01. The van der Waals surface area contributed by atoms with Crippen molar-refractivity contribution < 1.29 is 19.4 Å². The summed E-state index contributed by atoms with van der Waals surface area (Å²) < 4.78 is 6.01. The Morgan fingerprint density at radius 3 is 3.00 bits per heavy atom. The van der Waals surface area contributed by atoms with Crippen LogP contribution in [0.5, 0.6) is 0 Å². The fourth-order valence-electron chi connectivity index (χ4n) is 1.31. The molecule has 0 saturated carbocycles. The zero-order valence-corrected chi connectivity index (χ0v) is 10.2. The Hall–Kier alpha value is -2.22. The second-order valence-electron chi connectivity index (χ2n) is 3.39. The van der Waals surface area contributed by atoms with Crippen molar-refractivity contribution in [1.29, 1.82) is 0 Å². The number of hydrogen-bond donors (Lipinski definition) is 1. The molecule has 0 spiro atoms. The van der Waals surface area contributed by atoms with E-state index in [1.54, 1.807) is 11.4 Å². The first-order valence-electron chi connectivity index (χ1n) is 4.90. The van der Waals surface area contributed by atoms with Gasteiger partial charge < -0.3 is 9.84 Å². The quantitative estimate of drug-likeness (QED) is 0.821. The average molecular weight is 267 g/mol. The minimum atomic E-state index is -0.970. The Bertz CT molecular complexity index is 589. The van der Waals surface area contributed by atoms with Gasteiger partial charge >= 0.3 is 11.9 Å². The van der Waals surface area contributed by atoms with Crippen molar-refractivity contribution in [2.24, 2.45) is 0 Å². The van der Waals surface area contributed by atoms with Gasteiger partial charge in [0.05, 0.1) is 31.1 Å². The Balaban J connectivity index is 2.21. The summed E-state index contributed by atoms with van der Waals surface area (Å²) in [6.45, 7) is 0. The van der Waals surface area contributed by atoms with E-state index in [4.69, 9.17) is 5.11 Å². The predicted molar refractivity (Wildman–Crippen MR) is 61.9 cm³/mol. The van der Waals surface area contributed by atoms with E-state index in [1.807, 2.05) is 0 Å². The summed E-state index contributed by atoms with van der Waals surface area (Å²) >= 11 is 1.22. The molecule has 7 nitrogen and oxygen atoms in total. The maximum absolute atomic E-state index is 11.3. The summed E-state index contributed by atoms with van der Waals surface area (Å²) in [6.07, 6.45) is 1.32. The highest BCUT2D eigenvalue weighted by Gasteiger charge is 2.12. The summed E-state index contributed by atoms with van der Waals surface area (Å²) in [5.74, 6) is -1.39. The third kappa shape index (κ3) is 2.54. The zero-order valence-electron chi connectivity index (χ0n) is 9.36. The van der Waals surface area contributed by atoms with Crippen LogP contribution in [0.3, 0.4) is 0 Å². The molecule has 2 aromatic rings. The van der Waals surface area contributed by atoms with Gasteiger partial charge in [-0.1, -0.05) is 5.21 Å².